The zero-order chi connectivity index (χ0) is 19.7. The molecule has 0 unspecified atom stereocenters. The molecule has 0 N–H and O–H groups in total. The van der Waals surface area contributed by atoms with E-state index in [0.29, 0.717) is 33.4 Å². The van der Waals surface area contributed by atoms with Gasteiger partial charge in [-0.05, 0) is 42.8 Å². The minimum atomic E-state index is -0.423. The lowest BCUT2D eigenvalue weighted by molar-refractivity contribution is 0.0600. The van der Waals surface area contributed by atoms with Crippen molar-refractivity contribution in [3.05, 3.63) is 88.3 Å². The Kier molecular flexibility index (Phi) is 4.45. The zero-order valence-electron chi connectivity index (χ0n) is 15.4. The summed E-state index contributed by atoms with van der Waals surface area (Å²) < 4.78 is 6.24. The van der Waals surface area contributed by atoms with Gasteiger partial charge >= 0.3 is 5.97 Å². The number of hydrogen-bond acceptors (Lipinski definition) is 5. The van der Waals surface area contributed by atoms with E-state index < -0.39 is 5.97 Å². The lowest BCUT2D eigenvalue weighted by Gasteiger charge is -2.12. The van der Waals surface area contributed by atoms with Crippen molar-refractivity contribution in [3.8, 4) is 16.9 Å². The van der Waals surface area contributed by atoms with E-state index in [9.17, 15) is 9.59 Å². The molecular weight excluding hydrogens is 354 g/mol. The fraction of sp³-hybridized carbons (Fsp3) is 0.0909. The van der Waals surface area contributed by atoms with Crippen LogP contribution in [-0.2, 0) is 4.74 Å². The first-order chi connectivity index (χ1) is 13.6. The minimum absolute atomic E-state index is 0.252. The van der Waals surface area contributed by atoms with Crippen LogP contribution in [0.5, 0.6) is 0 Å². The summed E-state index contributed by atoms with van der Waals surface area (Å²) >= 11 is 0. The number of nitrogens with zero attached hydrogens (tertiary/aromatic N) is 3. The monoisotopic (exact) mass is 371 g/mol. The molecule has 0 spiro atoms. The Morgan fingerprint density at radius 3 is 2.57 bits per heavy atom. The number of rotatable bonds is 3. The quantitative estimate of drug-likeness (QED) is 0.515. The minimum Gasteiger partial charge on any atom is -0.465 e. The second-order valence-corrected chi connectivity index (χ2v) is 6.32. The van der Waals surface area contributed by atoms with Gasteiger partial charge in [0.05, 0.1) is 23.7 Å². The van der Waals surface area contributed by atoms with Crippen molar-refractivity contribution in [3.63, 3.8) is 0 Å². The van der Waals surface area contributed by atoms with Gasteiger partial charge in [-0.3, -0.25) is 9.78 Å². The van der Waals surface area contributed by atoms with E-state index >= 15 is 0 Å². The molecule has 6 heteroatoms. The van der Waals surface area contributed by atoms with Crippen LogP contribution in [0.2, 0.25) is 0 Å². The number of esters is 1. The molecule has 0 radical (unpaired) electrons. The van der Waals surface area contributed by atoms with Gasteiger partial charge in [0.2, 0.25) is 0 Å². The fourth-order valence-corrected chi connectivity index (χ4v) is 3.11. The molecule has 0 atom stereocenters. The number of para-hydroxylation sites is 1. The molecule has 138 valence electrons. The van der Waals surface area contributed by atoms with Crippen molar-refractivity contribution in [1.29, 1.82) is 0 Å². The van der Waals surface area contributed by atoms with Crippen molar-refractivity contribution >= 4 is 16.9 Å². The Morgan fingerprint density at radius 2 is 1.82 bits per heavy atom. The maximum atomic E-state index is 13.0. The van der Waals surface area contributed by atoms with E-state index in [0.717, 1.165) is 5.56 Å². The fourth-order valence-electron chi connectivity index (χ4n) is 3.11. The Hall–Kier alpha value is -3.80. The summed E-state index contributed by atoms with van der Waals surface area (Å²) in [6.45, 7) is 1.84. The van der Waals surface area contributed by atoms with Crippen LogP contribution in [-0.4, -0.2) is 27.8 Å². The smallest absolute Gasteiger partial charge is 0.338 e. The van der Waals surface area contributed by atoms with E-state index in [1.807, 2.05) is 49.4 Å². The summed E-state index contributed by atoms with van der Waals surface area (Å²) in [6, 6.07) is 18.1. The highest BCUT2D eigenvalue weighted by Crippen LogP contribution is 2.26. The number of carbonyl (C=O) groups is 1. The third-order valence-electron chi connectivity index (χ3n) is 4.57. The first-order valence-corrected chi connectivity index (χ1v) is 8.73. The van der Waals surface area contributed by atoms with Gasteiger partial charge in [0.1, 0.15) is 11.2 Å². The molecule has 4 rings (SSSR count). The SMILES string of the molecule is COC(=O)c1cc(-c2nn(-c3ccccc3)c(=O)c3cccnc23)ccc1C. The number of aryl methyl sites for hydroxylation is 1. The van der Waals surface area contributed by atoms with Crippen molar-refractivity contribution in [1.82, 2.24) is 14.8 Å². The van der Waals surface area contributed by atoms with Gasteiger partial charge in [0, 0.05) is 11.8 Å². The number of ether oxygens (including phenoxy) is 1. The van der Waals surface area contributed by atoms with Crippen LogP contribution >= 0.6 is 0 Å². The van der Waals surface area contributed by atoms with Gasteiger partial charge in [-0.2, -0.15) is 9.78 Å². The van der Waals surface area contributed by atoms with Crippen LogP contribution in [0.1, 0.15) is 15.9 Å². The Balaban J connectivity index is 2.04. The van der Waals surface area contributed by atoms with Crippen molar-refractivity contribution in [2.24, 2.45) is 0 Å². The van der Waals surface area contributed by atoms with Gasteiger partial charge in [-0.25, -0.2) is 4.79 Å². The first kappa shape index (κ1) is 17.6. The second kappa shape index (κ2) is 7.08. The molecular formula is C22H17N3O3. The molecule has 0 fully saturated rings. The summed E-state index contributed by atoms with van der Waals surface area (Å²) in [4.78, 5) is 29.5. The molecule has 2 aromatic carbocycles. The summed E-state index contributed by atoms with van der Waals surface area (Å²) in [7, 11) is 1.35. The summed E-state index contributed by atoms with van der Waals surface area (Å²) in [6.07, 6.45) is 1.62. The number of hydrogen-bond donors (Lipinski definition) is 0. The molecule has 4 aromatic rings. The second-order valence-electron chi connectivity index (χ2n) is 6.32. The Morgan fingerprint density at radius 1 is 1.04 bits per heavy atom. The molecule has 0 bridgehead atoms. The van der Waals surface area contributed by atoms with E-state index in [2.05, 4.69) is 10.1 Å². The van der Waals surface area contributed by atoms with Gasteiger partial charge in [0.15, 0.2) is 0 Å². The van der Waals surface area contributed by atoms with Crippen LogP contribution in [0, 0.1) is 6.92 Å². The van der Waals surface area contributed by atoms with Gasteiger partial charge in [0.25, 0.3) is 5.56 Å². The van der Waals surface area contributed by atoms with Crippen molar-refractivity contribution in [2.75, 3.05) is 7.11 Å². The molecule has 2 aromatic heterocycles. The molecule has 0 saturated heterocycles. The number of aromatic nitrogens is 3. The van der Waals surface area contributed by atoms with Gasteiger partial charge < -0.3 is 4.74 Å². The van der Waals surface area contributed by atoms with Crippen LogP contribution in [0.3, 0.4) is 0 Å². The highest BCUT2D eigenvalue weighted by Gasteiger charge is 2.17. The molecule has 0 aliphatic rings. The van der Waals surface area contributed by atoms with Crippen molar-refractivity contribution < 1.29 is 9.53 Å². The summed E-state index contributed by atoms with van der Waals surface area (Å²) in [5.41, 5.74) is 3.33. The molecule has 0 aliphatic heterocycles. The standard InChI is InChI=1S/C22H17N3O3/c1-14-10-11-15(13-18(14)22(27)28-2)19-20-17(9-6-12-23-20)21(26)25(24-19)16-7-4-3-5-8-16/h3-13H,1-2H3. The van der Waals surface area contributed by atoms with E-state index in [-0.39, 0.29) is 5.56 Å². The first-order valence-electron chi connectivity index (χ1n) is 8.73. The molecule has 0 saturated carbocycles. The van der Waals surface area contributed by atoms with Gasteiger partial charge in [-0.15, -0.1) is 0 Å². The topological polar surface area (TPSA) is 74.1 Å². The highest BCUT2D eigenvalue weighted by atomic mass is 16.5. The van der Waals surface area contributed by atoms with Crippen LogP contribution in [0.25, 0.3) is 27.8 Å². The Bertz CT molecular complexity index is 1250. The van der Waals surface area contributed by atoms with Crippen LogP contribution in [0.4, 0.5) is 0 Å². The average Bonchev–Trinajstić information content (AvgIpc) is 2.75. The zero-order valence-corrected chi connectivity index (χ0v) is 15.4. The summed E-state index contributed by atoms with van der Waals surface area (Å²) in [5.74, 6) is -0.423. The maximum absolute atomic E-state index is 13.0. The molecule has 2 heterocycles. The average molecular weight is 371 g/mol. The maximum Gasteiger partial charge on any atom is 0.338 e. The number of methoxy groups -OCH3 is 1. The molecule has 28 heavy (non-hydrogen) atoms. The normalized spacial score (nSPS) is 10.8. The predicted molar refractivity (Wildman–Crippen MR) is 107 cm³/mol. The molecule has 6 nitrogen and oxygen atoms in total. The lowest BCUT2D eigenvalue weighted by atomic mass is 10.0. The van der Waals surface area contributed by atoms with Crippen molar-refractivity contribution in [2.45, 2.75) is 6.92 Å². The lowest BCUT2D eigenvalue weighted by Crippen LogP contribution is -2.22. The van der Waals surface area contributed by atoms with Gasteiger partial charge in [-0.1, -0.05) is 30.3 Å². The van der Waals surface area contributed by atoms with E-state index in [1.165, 1.54) is 11.8 Å². The number of fused-ring (bicyclic) bond motifs is 1. The highest BCUT2D eigenvalue weighted by molar-refractivity contribution is 5.95. The third-order valence-corrected chi connectivity index (χ3v) is 4.57. The Labute approximate surface area is 161 Å². The molecule has 0 amide bonds. The van der Waals surface area contributed by atoms with E-state index in [4.69, 9.17) is 4.74 Å². The van der Waals surface area contributed by atoms with Crippen LogP contribution < -0.4 is 5.56 Å². The number of carbonyl (C=O) groups excluding carboxylic acids is 1. The van der Waals surface area contributed by atoms with E-state index in [1.54, 1.807) is 24.4 Å². The largest absolute Gasteiger partial charge is 0.465 e. The predicted octanol–water partition coefficient (Wildman–Crippen LogP) is 3.54. The number of pyridine rings is 1. The summed E-state index contributed by atoms with van der Waals surface area (Å²) in [5, 5.41) is 5.04. The van der Waals surface area contributed by atoms with Crippen LogP contribution in [0.15, 0.2) is 71.7 Å². The number of benzene rings is 2. The third kappa shape index (κ3) is 2.95. The molecule has 0 aliphatic carbocycles.